The van der Waals surface area contributed by atoms with Crippen molar-refractivity contribution in [3.8, 4) is 5.75 Å². The van der Waals surface area contributed by atoms with Gasteiger partial charge in [-0.3, -0.25) is 4.79 Å². The molecule has 1 rings (SSSR count). The van der Waals surface area contributed by atoms with Crippen LogP contribution in [0.4, 0.5) is 0 Å². The number of rotatable bonds is 8. The molecule has 0 bridgehead atoms. The fourth-order valence-corrected chi connectivity index (χ4v) is 1.77. The van der Waals surface area contributed by atoms with Gasteiger partial charge in [0.05, 0.1) is 0 Å². The first-order valence-corrected chi connectivity index (χ1v) is 6.68. The third kappa shape index (κ3) is 5.69. The van der Waals surface area contributed by atoms with Gasteiger partial charge in [0.2, 0.25) is 0 Å². The lowest BCUT2D eigenvalue weighted by molar-refractivity contribution is -0.137. The van der Waals surface area contributed by atoms with Crippen molar-refractivity contribution in [3.63, 3.8) is 0 Å². The number of aryl methyl sites for hydroxylation is 1. The summed E-state index contributed by atoms with van der Waals surface area (Å²) < 4.78 is 5.27. The smallest absolute Gasteiger partial charge is 0.338 e. The van der Waals surface area contributed by atoms with Gasteiger partial charge in [-0.1, -0.05) is 31.2 Å². The number of hydrogen-bond acceptors (Lipinski definition) is 3. The van der Waals surface area contributed by atoms with Crippen LogP contribution in [-0.2, 0) is 16.0 Å². The van der Waals surface area contributed by atoms with Crippen molar-refractivity contribution in [1.29, 1.82) is 0 Å². The highest BCUT2D eigenvalue weighted by Gasteiger charge is 2.09. The molecular formula is C16H20O4. The summed E-state index contributed by atoms with van der Waals surface area (Å²) in [6.07, 6.45) is 3.35. The number of carbonyl (C=O) groups excluding carboxylic acids is 1. The van der Waals surface area contributed by atoms with Gasteiger partial charge < -0.3 is 9.84 Å². The number of carboxylic acid groups (broad SMARTS) is 1. The van der Waals surface area contributed by atoms with Gasteiger partial charge in [0.1, 0.15) is 5.75 Å². The molecular weight excluding hydrogens is 256 g/mol. The van der Waals surface area contributed by atoms with Crippen molar-refractivity contribution in [3.05, 3.63) is 42.0 Å². The SMILES string of the molecule is C=C(C)C(=O)Oc1ccccc1CCCCCC(=O)O. The van der Waals surface area contributed by atoms with E-state index in [2.05, 4.69) is 6.58 Å². The molecule has 1 aromatic rings. The van der Waals surface area contributed by atoms with Gasteiger partial charge in [-0.25, -0.2) is 4.79 Å². The molecule has 0 fully saturated rings. The molecule has 0 aliphatic rings. The Morgan fingerprint density at radius 3 is 2.55 bits per heavy atom. The zero-order valence-corrected chi connectivity index (χ0v) is 11.7. The third-order valence-electron chi connectivity index (χ3n) is 2.86. The quantitative estimate of drug-likeness (QED) is 0.342. The number of unbranched alkanes of at least 4 members (excludes halogenated alkanes) is 2. The summed E-state index contributed by atoms with van der Waals surface area (Å²) in [7, 11) is 0. The summed E-state index contributed by atoms with van der Waals surface area (Å²) in [5.74, 6) is -0.636. The van der Waals surface area contributed by atoms with Crippen molar-refractivity contribution in [2.75, 3.05) is 0 Å². The summed E-state index contributed by atoms with van der Waals surface area (Å²) in [5.41, 5.74) is 1.32. The van der Waals surface area contributed by atoms with Gasteiger partial charge in [-0.2, -0.15) is 0 Å². The van der Waals surface area contributed by atoms with E-state index in [9.17, 15) is 9.59 Å². The second-order valence-corrected chi connectivity index (χ2v) is 4.73. The molecule has 0 spiro atoms. The highest BCUT2D eigenvalue weighted by molar-refractivity contribution is 5.88. The second-order valence-electron chi connectivity index (χ2n) is 4.73. The minimum Gasteiger partial charge on any atom is -0.481 e. The first-order chi connectivity index (χ1) is 9.50. The van der Waals surface area contributed by atoms with Crippen LogP contribution >= 0.6 is 0 Å². The number of aliphatic carboxylic acids is 1. The number of carbonyl (C=O) groups is 2. The number of esters is 1. The molecule has 0 saturated heterocycles. The zero-order valence-electron chi connectivity index (χ0n) is 11.7. The number of hydrogen-bond donors (Lipinski definition) is 1. The minimum absolute atomic E-state index is 0.201. The molecule has 20 heavy (non-hydrogen) atoms. The monoisotopic (exact) mass is 276 g/mol. The number of para-hydroxylation sites is 1. The van der Waals surface area contributed by atoms with Crippen LogP contribution in [0.1, 0.15) is 38.2 Å². The molecule has 108 valence electrons. The maximum Gasteiger partial charge on any atom is 0.338 e. The normalized spacial score (nSPS) is 10.1. The van der Waals surface area contributed by atoms with Crippen molar-refractivity contribution in [1.82, 2.24) is 0 Å². The van der Waals surface area contributed by atoms with Crippen LogP contribution in [0.2, 0.25) is 0 Å². The molecule has 4 heteroatoms. The van der Waals surface area contributed by atoms with Crippen molar-refractivity contribution in [2.24, 2.45) is 0 Å². The first-order valence-electron chi connectivity index (χ1n) is 6.68. The second kappa shape index (κ2) is 8.15. The largest absolute Gasteiger partial charge is 0.481 e. The lowest BCUT2D eigenvalue weighted by Gasteiger charge is -2.09. The minimum atomic E-state index is -0.763. The molecule has 1 N–H and O–H groups in total. The van der Waals surface area contributed by atoms with Crippen molar-refractivity contribution < 1.29 is 19.4 Å². The Labute approximate surface area is 119 Å². The molecule has 0 aliphatic carbocycles. The Hall–Kier alpha value is -2.10. The Balaban J connectivity index is 2.51. The summed E-state index contributed by atoms with van der Waals surface area (Å²) in [6, 6.07) is 7.38. The summed E-state index contributed by atoms with van der Waals surface area (Å²) in [6.45, 7) is 5.16. The number of ether oxygens (including phenoxy) is 1. The van der Waals surface area contributed by atoms with E-state index in [0.717, 1.165) is 24.8 Å². The van der Waals surface area contributed by atoms with E-state index in [1.165, 1.54) is 0 Å². The lowest BCUT2D eigenvalue weighted by Crippen LogP contribution is -2.09. The Bertz CT molecular complexity index is 491. The van der Waals surface area contributed by atoms with Crippen LogP contribution in [0, 0.1) is 0 Å². The highest BCUT2D eigenvalue weighted by Crippen LogP contribution is 2.21. The van der Waals surface area contributed by atoms with Gasteiger partial charge in [0.25, 0.3) is 0 Å². The lowest BCUT2D eigenvalue weighted by atomic mass is 10.1. The zero-order chi connectivity index (χ0) is 15.0. The Kier molecular flexibility index (Phi) is 6.50. The van der Waals surface area contributed by atoms with E-state index in [1.54, 1.807) is 13.0 Å². The molecule has 0 amide bonds. The average Bonchev–Trinajstić information content (AvgIpc) is 2.39. The average molecular weight is 276 g/mol. The topological polar surface area (TPSA) is 63.6 Å². The molecule has 0 aromatic heterocycles. The molecule has 0 heterocycles. The summed E-state index contributed by atoms with van der Waals surface area (Å²) in [5, 5.41) is 8.56. The van der Waals surface area contributed by atoms with Crippen LogP contribution < -0.4 is 4.74 Å². The molecule has 4 nitrogen and oxygen atoms in total. The number of carboxylic acids is 1. The van der Waals surface area contributed by atoms with Crippen LogP contribution in [0.25, 0.3) is 0 Å². The molecule has 0 saturated carbocycles. The molecule has 0 unspecified atom stereocenters. The van der Waals surface area contributed by atoms with Gasteiger partial charge in [0, 0.05) is 12.0 Å². The highest BCUT2D eigenvalue weighted by atomic mass is 16.5. The van der Waals surface area contributed by atoms with Crippen molar-refractivity contribution >= 4 is 11.9 Å². The third-order valence-corrected chi connectivity index (χ3v) is 2.86. The predicted octanol–water partition coefficient (Wildman–Crippen LogP) is 3.36. The molecule has 0 aliphatic heterocycles. The van der Waals surface area contributed by atoms with Gasteiger partial charge >= 0.3 is 11.9 Å². The van der Waals surface area contributed by atoms with E-state index in [0.29, 0.717) is 17.7 Å². The van der Waals surface area contributed by atoms with E-state index in [1.807, 2.05) is 18.2 Å². The maximum atomic E-state index is 11.5. The van der Waals surface area contributed by atoms with Crippen LogP contribution in [0.5, 0.6) is 5.75 Å². The van der Waals surface area contributed by atoms with Gasteiger partial charge in [-0.15, -0.1) is 0 Å². The van der Waals surface area contributed by atoms with Crippen molar-refractivity contribution in [2.45, 2.75) is 39.0 Å². The van der Waals surface area contributed by atoms with E-state index < -0.39 is 11.9 Å². The van der Waals surface area contributed by atoms with Crippen LogP contribution in [0.15, 0.2) is 36.4 Å². The van der Waals surface area contributed by atoms with Gasteiger partial charge in [-0.05, 0) is 37.8 Å². The fraction of sp³-hybridized carbons (Fsp3) is 0.375. The maximum absolute atomic E-state index is 11.5. The first kappa shape index (κ1) is 16.0. The Morgan fingerprint density at radius 2 is 1.90 bits per heavy atom. The summed E-state index contributed by atoms with van der Waals surface area (Å²) in [4.78, 5) is 21.9. The standard InChI is InChI=1S/C16H20O4/c1-12(2)16(19)20-14-10-7-6-9-13(14)8-4-3-5-11-15(17)18/h6-7,9-10H,1,3-5,8,11H2,2H3,(H,17,18). The predicted molar refractivity (Wildman–Crippen MR) is 76.7 cm³/mol. The molecule has 0 radical (unpaired) electrons. The fourth-order valence-electron chi connectivity index (χ4n) is 1.77. The van der Waals surface area contributed by atoms with Crippen LogP contribution in [-0.4, -0.2) is 17.0 Å². The molecule has 1 aromatic carbocycles. The van der Waals surface area contributed by atoms with Gasteiger partial charge in [0.15, 0.2) is 0 Å². The van der Waals surface area contributed by atoms with E-state index in [4.69, 9.17) is 9.84 Å². The number of benzene rings is 1. The molecule has 0 atom stereocenters. The Morgan fingerprint density at radius 1 is 1.20 bits per heavy atom. The summed E-state index contributed by atoms with van der Waals surface area (Å²) >= 11 is 0. The van der Waals surface area contributed by atoms with Crippen LogP contribution in [0.3, 0.4) is 0 Å². The van der Waals surface area contributed by atoms with E-state index >= 15 is 0 Å². The van der Waals surface area contributed by atoms with E-state index in [-0.39, 0.29) is 6.42 Å².